The maximum Gasteiger partial charge on any atom is 0.273 e. The molecule has 0 radical (unpaired) electrons. The predicted molar refractivity (Wildman–Crippen MR) is 133 cm³/mol. The first-order valence-electron chi connectivity index (χ1n) is 11.1. The molecule has 0 fully saturated rings. The minimum absolute atomic E-state index is 0.193. The number of nitrogens with two attached hydrogens (primary N) is 1. The third-order valence-electron chi connectivity index (χ3n) is 6.77. The van der Waals surface area contributed by atoms with Gasteiger partial charge in [0.2, 0.25) is 0 Å². The summed E-state index contributed by atoms with van der Waals surface area (Å²) in [4.78, 5) is 27.0. The number of aryl methyl sites for hydroxylation is 2. The molecule has 0 spiro atoms. The maximum atomic E-state index is 13.5. The summed E-state index contributed by atoms with van der Waals surface area (Å²) in [5, 5.41) is 5.19. The van der Waals surface area contributed by atoms with Gasteiger partial charge in [-0.3, -0.25) is 9.59 Å². The van der Waals surface area contributed by atoms with Crippen LogP contribution in [0.5, 0.6) is 0 Å². The molecule has 1 aliphatic rings. The lowest BCUT2D eigenvalue weighted by Gasteiger charge is -2.33. The SMILES string of the molecule is CCn1c(C(=O)Nc2sc3c(c2C(N)=O)CCC(C(C)(C)C)C3)c(C)c2cc(Cl)ccc21. The number of anilines is 1. The van der Waals surface area contributed by atoms with Crippen molar-refractivity contribution in [3.63, 3.8) is 0 Å². The van der Waals surface area contributed by atoms with Gasteiger partial charge >= 0.3 is 0 Å². The van der Waals surface area contributed by atoms with Crippen LogP contribution in [0.1, 0.15) is 71.0 Å². The molecule has 170 valence electrons. The van der Waals surface area contributed by atoms with Crippen molar-refractivity contribution in [1.82, 2.24) is 4.57 Å². The number of hydrogen-bond donors (Lipinski definition) is 2. The van der Waals surface area contributed by atoms with Crippen LogP contribution >= 0.6 is 22.9 Å². The van der Waals surface area contributed by atoms with Crippen LogP contribution in [-0.4, -0.2) is 16.4 Å². The van der Waals surface area contributed by atoms with E-state index in [0.717, 1.165) is 41.3 Å². The normalized spacial score (nSPS) is 16.2. The molecule has 2 heterocycles. The van der Waals surface area contributed by atoms with Gasteiger partial charge in [0.05, 0.1) is 5.56 Å². The van der Waals surface area contributed by atoms with Crippen molar-refractivity contribution in [1.29, 1.82) is 0 Å². The van der Waals surface area contributed by atoms with Gasteiger partial charge in [0.1, 0.15) is 10.7 Å². The van der Waals surface area contributed by atoms with Crippen molar-refractivity contribution < 1.29 is 9.59 Å². The molecule has 2 aromatic heterocycles. The number of nitrogens with one attached hydrogen (secondary N) is 1. The van der Waals surface area contributed by atoms with E-state index in [1.165, 1.54) is 16.2 Å². The molecule has 3 N–H and O–H groups in total. The van der Waals surface area contributed by atoms with Gasteiger partial charge in [-0.2, -0.15) is 0 Å². The van der Waals surface area contributed by atoms with Crippen molar-refractivity contribution in [2.45, 2.75) is 60.4 Å². The number of primary amides is 1. The summed E-state index contributed by atoms with van der Waals surface area (Å²) >= 11 is 7.70. The zero-order valence-corrected chi connectivity index (χ0v) is 20.8. The molecule has 0 saturated heterocycles. The van der Waals surface area contributed by atoms with Crippen LogP contribution in [0.15, 0.2) is 18.2 Å². The van der Waals surface area contributed by atoms with Crippen LogP contribution in [0.3, 0.4) is 0 Å². The second-order valence-corrected chi connectivity index (χ2v) is 11.3. The lowest BCUT2D eigenvalue weighted by atomic mass is 9.72. The molecule has 1 unspecified atom stereocenters. The number of nitrogens with zero attached hydrogens (tertiary/aromatic N) is 1. The first-order valence-corrected chi connectivity index (χ1v) is 12.3. The highest BCUT2D eigenvalue weighted by Gasteiger charge is 2.34. The third-order valence-corrected chi connectivity index (χ3v) is 8.18. The monoisotopic (exact) mass is 471 g/mol. The molecule has 1 aromatic carbocycles. The molecule has 5 nitrogen and oxygen atoms in total. The highest BCUT2D eigenvalue weighted by atomic mass is 35.5. The maximum absolute atomic E-state index is 13.5. The Hall–Kier alpha value is -2.31. The summed E-state index contributed by atoms with van der Waals surface area (Å²) in [6.45, 7) is 11.4. The van der Waals surface area contributed by atoms with Crippen LogP contribution in [0.25, 0.3) is 10.9 Å². The largest absolute Gasteiger partial charge is 0.365 e. The van der Waals surface area contributed by atoms with Crippen molar-refractivity contribution in [3.05, 3.63) is 50.5 Å². The standard InChI is InChI=1S/C25H30ClN3O2S/c1-6-29-18-10-8-15(26)12-17(18)13(2)21(29)23(31)28-24-20(22(27)30)16-9-7-14(25(3,4)5)11-19(16)32-24/h8,10,12,14H,6-7,9,11H2,1-5H3,(H2,27,30)(H,28,31). The fourth-order valence-corrected chi connectivity index (χ4v) is 6.45. The number of carbonyl (C=O) groups excluding carboxylic acids is 2. The smallest absolute Gasteiger partial charge is 0.273 e. The van der Waals surface area contributed by atoms with Crippen LogP contribution < -0.4 is 11.1 Å². The zero-order valence-electron chi connectivity index (χ0n) is 19.3. The number of carbonyl (C=O) groups is 2. The predicted octanol–water partition coefficient (Wildman–Crippen LogP) is 6.19. The second kappa shape index (κ2) is 8.23. The highest BCUT2D eigenvalue weighted by Crippen LogP contribution is 2.44. The molecular formula is C25H30ClN3O2S. The molecule has 2 amide bonds. The number of benzene rings is 1. The zero-order chi connectivity index (χ0) is 23.4. The molecular weight excluding hydrogens is 442 g/mol. The van der Waals surface area contributed by atoms with E-state index in [9.17, 15) is 9.59 Å². The Labute approximate surface area is 197 Å². The number of aromatic nitrogens is 1. The summed E-state index contributed by atoms with van der Waals surface area (Å²) in [5.74, 6) is -0.177. The summed E-state index contributed by atoms with van der Waals surface area (Å²) in [6, 6.07) is 5.66. The Kier molecular flexibility index (Phi) is 5.88. The molecule has 1 atom stereocenters. The molecule has 32 heavy (non-hydrogen) atoms. The number of halogens is 1. The molecule has 0 saturated carbocycles. The van der Waals surface area contributed by atoms with Crippen molar-refractivity contribution >= 4 is 50.7 Å². The summed E-state index contributed by atoms with van der Waals surface area (Å²) in [6.07, 6.45) is 2.74. The number of rotatable bonds is 4. The Morgan fingerprint density at radius 1 is 1.31 bits per heavy atom. The second-order valence-electron chi connectivity index (χ2n) is 9.71. The number of thiophene rings is 1. The van der Waals surface area contributed by atoms with Crippen molar-refractivity contribution in [3.8, 4) is 0 Å². The van der Waals surface area contributed by atoms with E-state index in [1.54, 1.807) is 0 Å². The van der Waals surface area contributed by atoms with E-state index >= 15 is 0 Å². The topological polar surface area (TPSA) is 77.1 Å². The van der Waals surface area contributed by atoms with E-state index in [-0.39, 0.29) is 11.3 Å². The number of amides is 2. The van der Waals surface area contributed by atoms with Crippen LogP contribution in [0, 0.1) is 18.3 Å². The van der Waals surface area contributed by atoms with E-state index in [4.69, 9.17) is 17.3 Å². The van der Waals surface area contributed by atoms with Gasteiger partial charge in [0.15, 0.2) is 0 Å². The molecule has 0 aliphatic heterocycles. The molecule has 7 heteroatoms. The fourth-order valence-electron chi connectivity index (χ4n) is 4.95. The minimum atomic E-state index is -0.480. The minimum Gasteiger partial charge on any atom is -0.365 e. The van der Waals surface area contributed by atoms with Crippen LogP contribution in [0.2, 0.25) is 5.02 Å². The Balaban J connectivity index is 1.74. The van der Waals surface area contributed by atoms with E-state index in [1.807, 2.05) is 36.6 Å². The molecule has 3 aromatic rings. The molecule has 0 bridgehead atoms. The number of fused-ring (bicyclic) bond motifs is 2. The van der Waals surface area contributed by atoms with Gasteiger partial charge in [-0.05, 0) is 73.8 Å². The van der Waals surface area contributed by atoms with Gasteiger partial charge < -0.3 is 15.6 Å². The van der Waals surface area contributed by atoms with E-state index in [0.29, 0.717) is 33.7 Å². The van der Waals surface area contributed by atoms with Gasteiger partial charge in [0.25, 0.3) is 11.8 Å². The van der Waals surface area contributed by atoms with Crippen LogP contribution in [0.4, 0.5) is 5.00 Å². The van der Waals surface area contributed by atoms with Gasteiger partial charge in [-0.1, -0.05) is 32.4 Å². The average Bonchev–Trinajstić information content (AvgIpc) is 3.21. The van der Waals surface area contributed by atoms with E-state index < -0.39 is 5.91 Å². The third kappa shape index (κ3) is 3.84. The fraction of sp³-hybridized carbons (Fsp3) is 0.440. The van der Waals surface area contributed by atoms with E-state index in [2.05, 4.69) is 26.1 Å². The van der Waals surface area contributed by atoms with Crippen molar-refractivity contribution in [2.24, 2.45) is 17.1 Å². The molecule has 1 aliphatic carbocycles. The Morgan fingerprint density at radius 2 is 2.03 bits per heavy atom. The van der Waals surface area contributed by atoms with Crippen LogP contribution in [-0.2, 0) is 19.4 Å². The summed E-state index contributed by atoms with van der Waals surface area (Å²) < 4.78 is 1.99. The van der Waals surface area contributed by atoms with Gasteiger partial charge in [-0.15, -0.1) is 11.3 Å². The lowest BCUT2D eigenvalue weighted by molar-refractivity contribution is 0.1000. The Bertz CT molecular complexity index is 1230. The first kappa shape index (κ1) is 22.9. The summed E-state index contributed by atoms with van der Waals surface area (Å²) in [7, 11) is 0. The first-order chi connectivity index (χ1) is 15.0. The Morgan fingerprint density at radius 3 is 2.66 bits per heavy atom. The summed E-state index contributed by atoms with van der Waals surface area (Å²) in [5.41, 5.74) is 9.88. The highest BCUT2D eigenvalue weighted by molar-refractivity contribution is 7.17. The van der Waals surface area contributed by atoms with Gasteiger partial charge in [-0.25, -0.2) is 0 Å². The van der Waals surface area contributed by atoms with Gasteiger partial charge in [0, 0.05) is 27.3 Å². The molecule has 4 rings (SSSR count). The number of hydrogen-bond acceptors (Lipinski definition) is 3. The average molecular weight is 472 g/mol. The van der Waals surface area contributed by atoms with Crippen molar-refractivity contribution in [2.75, 3.05) is 5.32 Å². The lowest BCUT2D eigenvalue weighted by Crippen LogP contribution is -2.27. The quantitative estimate of drug-likeness (QED) is 0.476.